The quantitative estimate of drug-likeness (QED) is 0.431. The maximum absolute atomic E-state index is 14.4. The third kappa shape index (κ3) is 5.81. The molecule has 200 valence electrons. The van der Waals surface area contributed by atoms with Gasteiger partial charge in [-0.3, -0.25) is 9.88 Å². The topological polar surface area (TPSA) is 80.4 Å². The van der Waals surface area contributed by atoms with Crippen molar-refractivity contribution in [1.29, 1.82) is 0 Å². The lowest BCUT2D eigenvalue weighted by Crippen LogP contribution is -2.47. The number of hydrogen-bond acceptors (Lipinski definition) is 7. The number of halogens is 1. The van der Waals surface area contributed by atoms with Crippen LogP contribution in [0, 0.1) is 11.7 Å². The molecule has 3 aliphatic rings. The van der Waals surface area contributed by atoms with Gasteiger partial charge in [0.1, 0.15) is 17.9 Å². The molecule has 2 saturated carbocycles. The van der Waals surface area contributed by atoms with Gasteiger partial charge < -0.3 is 15.4 Å². The molecule has 0 atom stereocenters. The highest BCUT2D eigenvalue weighted by Gasteiger charge is 2.29. The Bertz CT molecular complexity index is 1230. The first kappa shape index (κ1) is 25.2. The number of nitrogens with two attached hydrogens (primary N) is 1. The van der Waals surface area contributed by atoms with Crippen LogP contribution in [0.1, 0.15) is 56.6 Å². The number of anilines is 1. The Labute approximate surface area is 224 Å². The molecule has 2 N–H and O–H groups in total. The van der Waals surface area contributed by atoms with Gasteiger partial charge in [0.2, 0.25) is 0 Å². The summed E-state index contributed by atoms with van der Waals surface area (Å²) in [6.07, 6.45) is 13.5. The molecule has 1 saturated heterocycles. The van der Waals surface area contributed by atoms with Crippen molar-refractivity contribution < 1.29 is 9.13 Å². The van der Waals surface area contributed by atoms with Gasteiger partial charge in [-0.2, -0.15) is 0 Å². The molecule has 2 aromatic heterocycles. The van der Waals surface area contributed by atoms with Gasteiger partial charge in [-0.25, -0.2) is 14.4 Å². The van der Waals surface area contributed by atoms with E-state index in [1.165, 1.54) is 38.2 Å². The number of rotatable bonds is 8. The highest BCUT2D eigenvalue weighted by atomic mass is 19.1. The summed E-state index contributed by atoms with van der Waals surface area (Å²) >= 11 is 0. The molecule has 3 aromatic rings. The lowest BCUT2D eigenvalue weighted by molar-refractivity contribution is 0.216. The van der Waals surface area contributed by atoms with Crippen LogP contribution in [0.4, 0.5) is 10.2 Å². The molecule has 0 unspecified atom stereocenters. The fourth-order valence-corrected chi connectivity index (χ4v) is 5.89. The average molecular weight is 517 g/mol. The van der Waals surface area contributed by atoms with E-state index in [4.69, 9.17) is 10.5 Å². The van der Waals surface area contributed by atoms with Crippen LogP contribution in [-0.4, -0.2) is 58.6 Å². The minimum Gasteiger partial charge on any atom is -0.451 e. The summed E-state index contributed by atoms with van der Waals surface area (Å²) < 4.78 is 20.8. The zero-order valence-electron chi connectivity index (χ0n) is 21.9. The van der Waals surface area contributed by atoms with Crippen LogP contribution in [0.15, 0.2) is 49.1 Å². The van der Waals surface area contributed by atoms with Gasteiger partial charge in [-0.15, -0.1) is 0 Å². The second-order valence-corrected chi connectivity index (χ2v) is 11.1. The largest absolute Gasteiger partial charge is 0.451 e. The van der Waals surface area contributed by atoms with E-state index >= 15 is 0 Å². The normalized spacial score (nSPS) is 22.4. The van der Waals surface area contributed by atoms with Crippen LogP contribution < -0.4 is 15.4 Å². The fourth-order valence-electron chi connectivity index (χ4n) is 5.89. The van der Waals surface area contributed by atoms with Crippen molar-refractivity contribution >= 4 is 5.82 Å². The first-order valence-corrected chi connectivity index (χ1v) is 14.1. The molecule has 0 bridgehead atoms. The number of hydrogen-bond donors (Lipinski definition) is 1. The monoisotopic (exact) mass is 516 g/mol. The van der Waals surface area contributed by atoms with Crippen molar-refractivity contribution in [3.8, 4) is 22.6 Å². The van der Waals surface area contributed by atoms with Crippen molar-refractivity contribution in [2.24, 2.45) is 11.7 Å². The minimum absolute atomic E-state index is 0.297. The van der Waals surface area contributed by atoms with E-state index in [-0.39, 0.29) is 5.82 Å². The zero-order chi connectivity index (χ0) is 25.9. The number of benzene rings is 1. The predicted octanol–water partition coefficient (Wildman–Crippen LogP) is 5.38. The van der Waals surface area contributed by atoms with E-state index in [2.05, 4.69) is 24.8 Å². The Morgan fingerprint density at radius 1 is 0.921 bits per heavy atom. The summed E-state index contributed by atoms with van der Waals surface area (Å²) in [6.45, 7) is 4.91. The Balaban J connectivity index is 1.15. The van der Waals surface area contributed by atoms with Gasteiger partial charge in [-0.1, -0.05) is 6.07 Å². The Morgan fingerprint density at radius 3 is 2.53 bits per heavy atom. The highest BCUT2D eigenvalue weighted by Crippen LogP contribution is 2.46. The van der Waals surface area contributed by atoms with Gasteiger partial charge in [0.05, 0.1) is 11.9 Å². The molecular formula is C30H37FN6O. The van der Waals surface area contributed by atoms with Gasteiger partial charge in [0.15, 0.2) is 11.6 Å². The molecule has 3 fully saturated rings. The lowest BCUT2D eigenvalue weighted by Gasteiger charge is -2.36. The second-order valence-electron chi connectivity index (χ2n) is 11.1. The number of pyridine rings is 1. The van der Waals surface area contributed by atoms with Crippen LogP contribution in [0.25, 0.3) is 11.1 Å². The summed E-state index contributed by atoms with van der Waals surface area (Å²) in [5, 5.41) is 0. The Hall–Kier alpha value is -3.10. The maximum atomic E-state index is 14.4. The van der Waals surface area contributed by atoms with Gasteiger partial charge in [0.25, 0.3) is 0 Å². The van der Waals surface area contributed by atoms with E-state index in [1.54, 1.807) is 24.7 Å². The summed E-state index contributed by atoms with van der Waals surface area (Å²) in [6, 6.07) is 8.99. The average Bonchev–Trinajstić information content (AvgIpc) is 3.80. The molecule has 2 aliphatic carbocycles. The minimum atomic E-state index is -0.297. The molecule has 0 spiro atoms. The maximum Gasteiger partial charge on any atom is 0.188 e. The summed E-state index contributed by atoms with van der Waals surface area (Å²) in [7, 11) is 0. The standard InChI is InChI=1S/C30H37FN6O/c31-23-7-10-27(26(18-23)25-2-1-12-34-29(25)22-5-6-22)38-28-19-33-20-35-30(28)37-16-14-36(15-17-37)13-11-21-3-8-24(32)9-4-21/h1-2,7,10,12,18-22,24H,3-6,8-9,11,13-17,32H2/t21-,24-. The van der Waals surface area contributed by atoms with E-state index < -0.39 is 0 Å². The molecule has 38 heavy (non-hydrogen) atoms. The van der Waals surface area contributed by atoms with E-state index in [0.717, 1.165) is 68.6 Å². The Morgan fingerprint density at radius 2 is 1.74 bits per heavy atom. The molecular weight excluding hydrogens is 479 g/mol. The van der Waals surface area contributed by atoms with Gasteiger partial charge >= 0.3 is 0 Å². The number of aromatic nitrogens is 3. The predicted molar refractivity (Wildman–Crippen MR) is 147 cm³/mol. The molecule has 6 rings (SSSR count). The van der Waals surface area contributed by atoms with Crippen molar-refractivity contribution in [2.75, 3.05) is 37.6 Å². The molecule has 3 heterocycles. The van der Waals surface area contributed by atoms with Crippen molar-refractivity contribution in [1.82, 2.24) is 19.9 Å². The lowest BCUT2D eigenvalue weighted by atomic mass is 9.84. The van der Waals surface area contributed by atoms with E-state index in [9.17, 15) is 4.39 Å². The molecule has 1 aromatic carbocycles. The number of piperazine rings is 1. The van der Waals surface area contributed by atoms with Crippen molar-refractivity contribution in [3.63, 3.8) is 0 Å². The van der Waals surface area contributed by atoms with Crippen LogP contribution in [0.3, 0.4) is 0 Å². The molecule has 1 aliphatic heterocycles. The molecule has 0 amide bonds. The van der Waals surface area contributed by atoms with Crippen molar-refractivity contribution in [3.05, 3.63) is 60.6 Å². The van der Waals surface area contributed by atoms with E-state index in [1.807, 2.05) is 18.3 Å². The first-order chi connectivity index (χ1) is 18.6. The van der Waals surface area contributed by atoms with E-state index in [0.29, 0.717) is 29.0 Å². The van der Waals surface area contributed by atoms with Gasteiger partial charge in [0, 0.05) is 55.5 Å². The summed E-state index contributed by atoms with van der Waals surface area (Å²) in [5.74, 6) is 2.91. The SMILES string of the molecule is N[C@H]1CC[C@H](CCN2CCN(c3ncncc3Oc3ccc(F)cc3-c3cccnc3C3CC3)CC2)CC1. The van der Waals surface area contributed by atoms with Crippen molar-refractivity contribution in [2.45, 2.75) is 56.9 Å². The summed E-state index contributed by atoms with van der Waals surface area (Å²) in [4.78, 5) is 18.3. The molecule has 8 heteroatoms. The fraction of sp³-hybridized carbons (Fsp3) is 0.500. The smallest absolute Gasteiger partial charge is 0.188 e. The third-order valence-corrected chi connectivity index (χ3v) is 8.33. The zero-order valence-corrected chi connectivity index (χ0v) is 21.9. The Kier molecular flexibility index (Phi) is 7.51. The molecule has 0 radical (unpaired) electrons. The van der Waals surface area contributed by atoms with Crippen LogP contribution in [-0.2, 0) is 0 Å². The third-order valence-electron chi connectivity index (χ3n) is 8.33. The second kappa shape index (κ2) is 11.3. The van der Waals surface area contributed by atoms with Crippen LogP contribution >= 0.6 is 0 Å². The first-order valence-electron chi connectivity index (χ1n) is 14.1. The molecule has 7 nitrogen and oxygen atoms in total. The van der Waals surface area contributed by atoms with Crippen LogP contribution in [0.5, 0.6) is 11.5 Å². The number of ether oxygens (including phenoxy) is 1. The summed E-state index contributed by atoms with van der Waals surface area (Å²) in [5.41, 5.74) is 8.73. The highest BCUT2D eigenvalue weighted by molar-refractivity contribution is 5.74. The van der Waals surface area contributed by atoms with Crippen LogP contribution in [0.2, 0.25) is 0 Å². The van der Waals surface area contributed by atoms with Gasteiger partial charge in [-0.05, 0) is 81.7 Å². The number of nitrogens with zero attached hydrogens (tertiary/aromatic N) is 5.